The van der Waals surface area contributed by atoms with Gasteiger partial charge in [-0.25, -0.2) is 4.98 Å². The number of aryl methyl sites for hydroxylation is 1. The lowest BCUT2D eigenvalue weighted by atomic mass is 10.2. The maximum absolute atomic E-state index is 13.3. The predicted octanol–water partition coefficient (Wildman–Crippen LogP) is 5.67. The van der Waals surface area contributed by atoms with Gasteiger partial charge in [-0.3, -0.25) is 9.59 Å². The molecule has 0 saturated heterocycles. The Morgan fingerprint density at radius 3 is 2.70 bits per heavy atom. The Balaban J connectivity index is 1.69. The van der Waals surface area contributed by atoms with E-state index in [1.807, 2.05) is 31.2 Å². The molecule has 0 atom stereocenters. The first kappa shape index (κ1) is 26.4. The third-order valence-electron chi connectivity index (χ3n) is 5.33. The van der Waals surface area contributed by atoms with Gasteiger partial charge in [0.1, 0.15) is 5.82 Å². The Morgan fingerprint density at radius 1 is 1.19 bits per heavy atom. The Bertz CT molecular complexity index is 1520. The van der Waals surface area contributed by atoms with Gasteiger partial charge in [0.05, 0.1) is 24.2 Å². The van der Waals surface area contributed by atoms with Gasteiger partial charge in [0.25, 0.3) is 11.5 Å². The molecule has 3 aromatic carbocycles. The van der Waals surface area contributed by atoms with Crippen molar-refractivity contribution in [1.29, 1.82) is 0 Å². The summed E-state index contributed by atoms with van der Waals surface area (Å²) in [5.41, 5.74) is 1.38. The number of benzene rings is 3. The normalized spacial score (nSPS) is 11.1. The van der Waals surface area contributed by atoms with Crippen LogP contribution < -0.4 is 20.3 Å². The molecule has 4 aromatic rings. The number of para-hydroxylation sites is 1. The number of hydrogen-bond donors (Lipinski definition) is 1. The van der Waals surface area contributed by atoms with Crippen molar-refractivity contribution in [2.75, 3.05) is 19.0 Å². The number of carbonyl (C=O) groups excluding carboxylic acids is 1. The van der Waals surface area contributed by atoms with Crippen LogP contribution >= 0.6 is 27.5 Å². The number of aromatic nitrogens is 2. The van der Waals surface area contributed by atoms with Gasteiger partial charge in [-0.2, -0.15) is 9.78 Å². The summed E-state index contributed by atoms with van der Waals surface area (Å²) >= 11 is 9.70. The summed E-state index contributed by atoms with van der Waals surface area (Å²) in [6, 6.07) is 17.6. The summed E-state index contributed by atoms with van der Waals surface area (Å²) in [6.45, 7) is 1.72. The molecule has 0 aliphatic rings. The van der Waals surface area contributed by atoms with E-state index in [2.05, 4.69) is 31.3 Å². The minimum absolute atomic E-state index is 0.264. The first-order chi connectivity index (χ1) is 17.9. The van der Waals surface area contributed by atoms with Crippen molar-refractivity contribution in [2.24, 2.45) is 5.10 Å². The van der Waals surface area contributed by atoms with Crippen LogP contribution in [0, 0.1) is 0 Å². The number of halogens is 2. The van der Waals surface area contributed by atoms with Crippen molar-refractivity contribution >= 4 is 56.2 Å². The summed E-state index contributed by atoms with van der Waals surface area (Å²) in [4.78, 5) is 30.4. The maximum Gasteiger partial charge on any atom is 0.282 e. The van der Waals surface area contributed by atoms with Crippen LogP contribution in [0.2, 0.25) is 5.02 Å². The number of rotatable bonds is 9. The van der Waals surface area contributed by atoms with Gasteiger partial charge in [0.2, 0.25) is 0 Å². The average molecular weight is 584 g/mol. The van der Waals surface area contributed by atoms with Gasteiger partial charge in [-0.1, -0.05) is 52.7 Å². The van der Waals surface area contributed by atoms with E-state index < -0.39 is 0 Å². The summed E-state index contributed by atoms with van der Waals surface area (Å²) in [6.07, 6.45) is 2.78. The molecule has 0 spiro atoms. The fourth-order valence-corrected chi connectivity index (χ4v) is 4.24. The topological polar surface area (TPSA) is 94.8 Å². The van der Waals surface area contributed by atoms with Crippen molar-refractivity contribution < 1.29 is 14.3 Å². The van der Waals surface area contributed by atoms with E-state index in [0.29, 0.717) is 45.2 Å². The smallest absolute Gasteiger partial charge is 0.282 e. The summed E-state index contributed by atoms with van der Waals surface area (Å²) in [7, 11) is 1.47. The zero-order chi connectivity index (χ0) is 26.4. The van der Waals surface area contributed by atoms with E-state index in [0.717, 1.165) is 10.9 Å². The molecule has 1 aromatic heterocycles. The third kappa shape index (κ3) is 6.36. The molecule has 0 saturated carbocycles. The van der Waals surface area contributed by atoms with Crippen LogP contribution in [0.3, 0.4) is 0 Å². The van der Waals surface area contributed by atoms with Crippen LogP contribution in [-0.4, -0.2) is 35.5 Å². The number of nitrogens with one attached hydrogen (secondary N) is 1. The highest BCUT2D eigenvalue weighted by Gasteiger charge is 2.15. The van der Waals surface area contributed by atoms with Crippen LogP contribution in [0.5, 0.6) is 11.5 Å². The van der Waals surface area contributed by atoms with Crippen LogP contribution in [0.15, 0.2) is 75.0 Å². The monoisotopic (exact) mass is 582 g/mol. The molecule has 1 amide bonds. The molecular weight excluding hydrogens is 560 g/mol. The molecule has 37 heavy (non-hydrogen) atoms. The lowest BCUT2D eigenvalue weighted by molar-refractivity contribution is -0.118. The summed E-state index contributed by atoms with van der Waals surface area (Å²) < 4.78 is 13.3. The molecule has 0 unspecified atom stereocenters. The minimum atomic E-state index is -0.350. The van der Waals surface area contributed by atoms with Crippen LogP contribution in [0.4, 0.5) is 5.69 Å². The van der Waals surface area contributed by atoms with E-state index in [1.54, 1.807) is 36.4 Å². The molecule has 0 aliphatic heterocycles. The van der Waals surface area contributed by atoms with E-state index >= 15 is 0 Å². The molecule has 0 fully saturated rings. The molecule has 8 nitrogen and oxygen atoms in total. The highest BCUT2D eigenvalue weighted by Crippen LogP contribution is 2.34. The van der Waals surface area contributed by atoms with Crippen molar-refractivity contribution in [3.8, 4) is 11.5 Å². The van der Waals surface area contributed by atoms with Crippen LogP contribution in [-0.2, 0) is 11.2 Å². The quantitative estimate of drug-likeness (QED) is 0.256. The zero-order valence-corrected chi connectivity index (χ0v) is 22.5. The Morgan fingerprint density at radius 2 is 1.97 bits per heavy atom. The van der Waals surface area contributed by atoms with Gasteiger partial charge in [0.15, 0.2) is 18.1 Å². The lowest BCUT2D eigenvalue weighted by Crippen LogP contribution is -2.22. The number of nitrogens with zero attached hydrogens (tertiary/aromatic N) is 3. The highest BCUT2D eigenvalue weighted by atomic mass is 79.9. The highest BCUT2D eigenvalue weighted by molar-refractivity contribution is 9.10. The van der Waals surface area contributed by atoms with Gasteiger partial charge >= 0.3 is 0 Å². The molecular formula is C27H24BrClN4O4. The van der Waals surface area contributed by atoms with Crippen molar-refractivity contribution in [2.45, 2.75) is 19.8 Å². The number of carbonyl (C=O) groups is 1. The standard InChI is InChI=1S/C27H24BrClN4O4/c1-3-7-24-32-22-11-10-18(28)13-21(22)27(35)33(24)30-15-17-12-19(29)14-23(36-2)26(17)37-16-25(34)31-20-8-5-4-6-9-20/h4-6,8-15H,3,7,16H2,1-2H3,(H,31,34). The van der Waals surface area contributed by atoms with Crippen LogP contribution in [0.1, 0.15) is 24.7 Å². The molecule has 0 aliphatic carbocycles. The Hall–Kier alpha value is -3.69. The number of fused-ring (bicyclic) bond motifs is 1. The lowest BCUT2D eigenvalue weighted by Gasteiger charge is -2.14. The van der Waals surface area contributed by atoms with Gasteiger partial charge in [-0.05, 0) is 42.8 Å². The fourth-order valence-electron chi connectivity index (χ4n) is 3.67. The molecule has 0 radical (unpaired) electrons. The summed E-state index contributed by atoms with van der Waals surface area (Å²) in [5, 5.41) is 8.03. The molecule has 1 N–H and O–H groups in total. The Kier molecular flexibility index (Phi) is 8.58. The third-order valence-corrected chi connectivity index (χ3v) is 6.05. The molecule has 10 heteroatoms. The van der Waals surface area contributed by atoms with Crippen molar-refractivity contribution in [3.63, 3.8) is 0 Å². The minimum Gasteiger partial charge on any atom is -0.493 e. The van der Waals surface area contributed by atoms with Gasteiger partial charge in [-0.15, -0.1) is 0 Å². The van der Waals surface area contributed by atoms with Gasteiger partial charge in [0, 0.05) is 33.2 Å². The van der Waals surface area contributed by atoms with E-state index in [1.165, 1.54) is 18.0 Å². The largest absolute Gasteiger partial charge is 0.493 e. The molecule has 0 bridgehead atoms. The Labute approximate surface area is 227 Å². The zero-order valence-electron chi connectivity index (χ0n) is 20.2. The second-order valence-electron chi connectivity index (χ2n) is 8.03. The van der Waals surface area contributed by atoms with E-state index in [-0.39, 0.29) is 23.8 Å². The predicted molar refractivity (Wildman–Crippen MR) is 149 cm³/mol. The average Bonchev–Trinajstić information content (AvgIpc) is 2.88. The maximum atomic E-state index is 13.3. The van der Waals surface area contributed by atoms with Crippen molar-refractivity contribution in [3.05, 3.63) is 91.9 Å². The number of methoxy groups -OCH3 is 1. The number of anilines is 1. The molecule has 190 valence electrons. The number of ether oxygens (including phenoxy) is 2. The second-order valence-corrected chi connectivity index (χ2v) is 9.38. The number of hydrogen-bond acceptors (Lipinski definition) is 6. The fraction of sp³-hybridized carbons (Fsp3) is 0.185. The molecule has 4 rings (SSSR count). The number of amides is 1. The molecule has 1 heterocycles. The van der Waals surface area contributed by atoms with Crippen LogP contribution in [0.25, 0.3) is 10.9 Å². The summed E-state index contributed by atoms with van der Waals surface area (Å²) in [5.74, 6) is 0.762. The SMILES string of the molecule is CCCc1nc2ccc(Br)cc2c(=O)n1N=Cc1cc(Cl)cc(OC)c1OCC(=O)Nc1ccccc1. The van der Waals surface area contributed by atoms with Crippen molar-refractivity contribution in [1.82, 2.24) is 9.66 Å². The van der Waals surface area contributed by atoms with E-state index in [9.17, 15) is 9.59 Å². The second kappa shape index (κ2) is 12.0. The van der Waals surface area contributed by atoms with Gasteiger partial charge < -0.3 is 14.8 Å². The first-order valence-electron chi connectivity index (χ1n) is 11.5. The first-order valence-corrected chi connectivity index (χ1v) is 12.7. The van der Waals surface area contributed by atoms with E-state index in [4.69, 9.17) is 21.1 Å².